The summed E-state index contributed by atoms with van der Waals surface area (Å²) in [4.78, 5) is 12.0. The number of aromatic hydroxyl groups is 1. The predicted octanol–water partition coefficient (Wildman–Crippen LogP) is 3.53. The molecule has 0 radical (unpaired) electrons. The van der Waals surface area contributed by atoms with E-state index < -0.39 is 47.9 Å². The number of halogens is 5. The van der Waals surface area contributed by atoms with E-state index in [1.165, 1.54) is 19.2 Å². The molecule has 29 heavy (non-hydrogen) atoms. The SMILES string of the molecule is CN(N)C(=O)N(N)c1cccc(C(F)F)c1COc1ccc(O)cc1C(F)(F)F. The normalized spacial score (nSPS) is 11.5. The van der Waals surface area contributed by atoms with E-state index in [-0.39, 0.29) is 11.3 Å². The highest BCUT2D eigenvalue weighted by atomic mass is 19.4. The first-order valence-electron chi connectivity index (χ1n) is 7.93. The Labute approximate surface area is 161 Å². The number of phenolic OH excluding ortho intramolecular Hbond substituents is 1. The van der Waals surface area contributed by atoms with Gasteiger partial charge in [0.25, 0.3) is 6.43 Å². The van der Waals surface area contributed by atoms with Crippen LogP contribution in [-0.4, -0.2) is 23.2 Å². The van der Waals surface area contributed by atoms with E-state index in [1.807, 2.05) is 0 Å². The fourth-order valence-electron chi connectivity index (χ4n) is 2.47. The van der Waals surface area contributed by atoms with Crippen LogP contribution in [0.5, 0.6) is 11.5 Å². The van der Waals surface area contributed by atoms with E-state index in [0.29, 0.717) is 16.1 Å². The van der Waals surface area contributed by atoms with Gasteiger partial charge in [-0.3, -0.25) is 5.01 Å². The zero-order valence-corrected chi connectivity index (χ0v) is 15.0. The Bertz CT molecular complexity index is 890. The van der Waals surface area contributed by atoms with Crippen LogP contribution in [0.4, 0.5) is 32.4 Å². The molecule has 0 heterocycles. The van der Waals surface area contributed by atoms with Crippen molar-refractivity contribution >= 4 is 11.7 Å². The van der Waals surface area contributed by atoms with Gasteiger partial charge in [0, 0.05) is 18.2 Å². The number of nitrogens with zero attached hydrogens (tertiary/aromatic N) is 2. The van der Waals surface area contributed by atoms with Gasteiger partial charge in [0.05, 0.1) is 5.69 Å². The van der Waals surface area contributed by atoms with Crippen LogP contribution in [0.2, 0.25) is 0 Å². The van der Waals surface area contributed by atoms with Crippen LogP contribution >= 0.6 is 0 Å². The number of hydrogen-bond donors (Lipinski definition) is 3. The topological polar surface area (TPSA) is 105 Å². The highest BCUT2D eigenvalue weighted by Gasteiger charge is 2.35. The van der Waals surface area contributed by atoms with Crippen LogP contribution in [0.3, 0.4) is 0 Å². The molecule has 0 aliphatic heterocycles. The molecule has 0 saturated carbocycles. The second kappa shape index (κ2) is 8.49. The van der Waals surface area contributed by atoms with Crippen molar-refractivity contribution in [3.8, 4) is 11.5 Å². The molecular weight excluding hydrogens is 403 g/mol. The van der Waals surface area contributed by atoms with E-state index in [9.17, 15) is 31.9 Å². The molecule has 2 amide bonds. The summed E-state index contributed by atoms with van der Waals surface area (Å²) in [5.41, 5.74) is -2.41. The average molecular weight is 420 g/mol. The molecular formula is C17H17F5N4O3. The Hall–Kier alpha value is -3.12. The number of benzene rings is 2. The third kappa shape index (κ3) is 5.03. The Balaban J connectivity index is 2.47. The van der Waals surface area contributed by atoms with E-state index in [4.69, 9.17) is 16.4 Å². The summed E-state index contributed by atoms with van der Waals surface area (Å²) in [5.74, 6) is 9.60. The second-order valence-electron chi connectivity index (χ2n) is 5.88. The molecule has 2 rings (SSSR count). The zero-order chi connectivity index (χ0) is 21.9. The van der Waals surface area contributed by atoms with E-state index in [0.717, 1.165) is 18.2 Å². The quantitative estimate of drug-likeness (QED) is 0.297. The molecule has 158 valence electrons. The standard InChI is InChI=1S/C17H17F5N4O3/c1-25(23)16(28)26(24)13-4-2-3-10(15(18)19)11(13)8-29-14-6-5-9(27)7-12(14)17(20,21)22/h2-7,15,27H,8,23-24H2,1H3. The summed E-state index contributed by atoms with van der Waals surface area (Å²) in [5, 5.41) is 10.4. The molecule has 0 atom stereocenters. The van der Waals surface area contributed by atoms with Crippen LogP contribution in [0.15, 0.2) is 36.4 Å². The summed E-state index contributed by atoms with van der Waals surface area (Å²) >= 11 is 0. The van der Waals surface area contributed by atoms with Crippen molar-refractivity contribution in [2.24, 2.45) is 11.7 Å². The van der Waals surface area contributed by atoms with Gasteiger partial charge < -0.3 is 9.84 Å². The van der Waals surface area contributed by atoms with Gasteiger partial charge in [-0.05, 0) is 24.3 Å². The summed E-state index contributed by atoms with van der Waals surface area (Å²) in [6.07, 6.45) is -7.88. The average Bonchev–Trinajstić information content (AvgIpc) is 2.64. The number of hydrazine groups is 2. The zero-order valence-electron chi connectivity index (χ0n) is 15.0. The van der Waals surface area contributed by atoms with Crippen molar-refractivity contribution in [1.29, 1.82) is 0 Å². The van der Waals surface area contributed by atoms with Crippen molar-refractivity contribution in [2.75, 3.05) is 12.1 Å². The van der Waals surface area contributed by atoms with Gasteiger partial charge in [0.15, 0.2) is 0 Å². The molecule has 0 spiro atoms. The number of ether oxygens (including phenoxy) is 1. The first kappa shape index (κ1) is 22.2. The van der Waals surface area contributed by atoms with Gasteiger partial charge in [-0.25, -0.2) is 30.3 Å². The number of anilines is 1. The number of amides is 2. The van der Waals surface area contributed by atoms with Crippen molar-refractivity contribution in [2.45, 2.75) is 19.2 Å². The maximum atomic E-state index is 13.4. The van der Waals surface area contributed by atoms with Gasteiger partial charge in [-0.1, -0.05) is 12.1 Å². The molecule has 0 aliphatic carbocycles. The van der Waals surface area contributed by atoms with Gasteiger partial charge in [0.1, 0.15) is 23.7 Å². The van der Waals surface area contributed by atoms with Crippen LogP contribution in [0.25, 0.3) is 0 Å². The van der Waals surface area contributed by atoms with E-state index in [1.54, 1.807) is 0 Å². The maximum absolute atomic E-state index is 13.4. The maximum Gasteiger partial charge on any atom is 0.420 e. The van der Waals surface area contributed by atoms with Crippen molar-refractivity contribution < 1.29 is 36.6 Å². The van der Waals surface area contributed by atoms with Crippen LogP contribution in [-0.2, 0) is 12.8 Å². The molecule has 0 bridgehead atoms. The molecule has 0 saturated heterocycles. The van der Waals surface area contributed by atoms with Crippen LogP contribution in [0, 0.1) is 0 Å². The lowest BCUT2D eigenvalue weighted by molar-refractivity contribution is -0.139. The Morgan fingerprint density at radius 2 is 1.86 bits per heavy atom. The highest BCUT2D eigenvalue weighted by Crippen LogP contribution is 2.39. The lowest BCUT2D eigenvalue weighted by atomic mass is 10.1. The second-order valence-corrected chi connectivity index (χ2v) is 5.88. The number of phenols is 1. The molecule has 12 heteroatoms. The van der Waals surface area contributed by atoms with Gasteiger partial charge in [-0.15, -0.1) is 0 Å². The van der Waals surface area contributed by atoms with Crippen molar-refractivity contribution in [3.63, 3.8) is 0 Å². The van der Waals surface area contributed by atoms with Crippen molar-refractivity contribution in [1.82, 2.24) is 5.01 Å². The minimum absolute atomic E-state index is 0.225. The van der Waals surface area contributed by atoms with E-state index in [2.05, 4.69) is 0 Å². The molecule has 7 nitrogen and oxygen atoms in total. The van der Waals surface area contributed by atoms with Crippen LogP contribution < -0.4 is 21.4 Å². The predicted molar refractivity (Wildman–Crippen MR) is 92.9 cm³/mol. The number of urea groups is 1. The first-order valence-corrected chi connectivity index (χ1v) is 7.93. The molecule has 0 aliphatic rings. The van der Waals surface area contributed by atoms with E-state index >= 15 is 0 Å². The number of rotatable bonds is 5. The smallest absolute Gasteiger partial charge is 0.420 e. The lowest BCUT2D eigenvalue weighted by Crippen LogP contribution is -2.49. The lowest BCUT2D eigenvalue weighted by Gasteiger charge is -2.25. The molecule has 5 N–H and O–H groups in total. The largest absolute Gasteiger partial charge is 0.508 e. The summed E-state index contributed by atoms with van der Waals surface area (Å²) in [6, 6.07) is 4.72. The summed E-state index contributed by atoms with van der Waals surface area (Å²) in [6.45, 7) is -0.765. The fourth-order valence-corrected chi connectivity index (χ4v) is 2.47. The minimum Gasteiger partial charge on any atom is -0.508 e. The van der Waals surface area contributed by atoms with Gasteiger partial charge in [0.2, 0.25) is 0 Å². The Morgan fingerprint density at radius 3 is 2.41 bits per heavy atom. The van der Waals surface area contributed by atoms with Crippen LogP contribution in [0.1, 0.15) is 23.1 Å². The molecule has 0 fully saturated rings. The molecule has 0 aromatic heterocycles. The summed E-state index contributed by atoms with van der Waals surface area (Å²) < 4.78 is 71.5. The van der Waals surface area contributed by atoms with Gasteiger partial charge >= 0.3 is 12.2 Å². The van der Waals surface area contributed by atoms with Crippen molar-refractivity contribution in [3.05, 3.63) is 53.1 Å². The fraction of sp³-hybridized carbons (Fsp3) is 0.235. The number of hydrogen-bond acceptors (Lipinski definition) is 5. The molecule has 2 aromatic carbocycles. The number of carbonyl (C=O) groups excluding carboxylic acids is 1. The number of nitrogens with two attached hydrogens (primary N) is 2. The molecule has 2 aromatic rings. The highest BCUT2D eigenvalue weighted by molar-refractivity contribution is 5.91. The third-order valence-corrected chi connectivity index (χ3v) is 3.83. The third-order valence-electron chi connectivity index (χ3n) is 3.83. The Morgan fingerprint density at radius 1 is 1.21 bits per heavy atom. The first-order chi connectivity index (χ1) is 13.4. The van der Waals surface area contributed by atoms with Gasteiger partial charge in [-0.2, -0.15) is 13.2 Å². The summed E-state index contributed by atoms with van der Waals surface area (Å²) in [7, 11) is 1.17. The monoisotopic (exact) mass is 420 g/mol. The number of carbonyl (C=O) groups is 1. The Kier molecular flexibility index (Phi) is 6.49. The minimum atomic E-state index is -4.86. The number of alkyl halides is 5. The molecule has 0 unspecified atom stereocenters.